The Labute approximate surface area is 144 Å². The number of amides is 1. The molecule has 4 nitrogen and oxygen atoms in total. The number of rotatable bonds is 2. The molecular weight excluding hydrogens is 318 g/mol. The molecule has 0 spiro atoms. The van der Waals surface area contributed by atoms with Gasteiger partial charge >= 0.3 is 0 Å². The van der Waals surface area contributed by atoms with Gasteiger partial charge < -0.3 is 10.6 Å². The number of benzene rings is 1. The monoisotopic (exact) mass is 337 g/mol. The molecule has 1 saturated heterocycles. The SMILES string of the molecule is Nc1c(C(=O)N2CCCCC2)sc2nc(-c3ccccc3)ccc12. The van der Waals surface area contributed by atoms with Crippen molar-refractivity contribution in [2.24, 2.45) is 0 Å². The zero-order valence-corrected chi connectivity index (χ0v) is 14.2. The fraction of sp³-hybridized carbons (Fsp3) is 0.263. The van der Waals surface area contributed by atoms with Crippen molar-refractivity contribution in [3.05, 3.63) is 47.3 Å². The number of nitrogens with two attached hydrogens (primary N) is 1. The summed E-state index contributed by atoms with van der Waals surface area (Å²) in [4.78, 5) is 20.9. The summed E-state index contributed by atoms with van der Waals surface area (Å²) in [7, 11) is 0. The van der Waals surface area contributed by atoms with Crippen LogP contribution in [0.3, 0.4) is 0 Å². The van der Waals surface area contributed by atoms with Gasteiger partial charge in [-0.1, -0.05) is 30.3 Å². The maximum atomic E-state index is 12.8. The zero-order valence-electron chi connectivity index (χ0n) is 13.4. The van der Waals surface area contributed by atoms with Crippen LogP contribution in [0.4, 0.5) is 5.69 Å². The predicted octanol–water partition coefficient (Wildman–Crippen LogP) is 4.17. The molecule has 5 heteroatoms. The number of carbonyl (C=O) groups is 1. The van der Waals surface area contributed by atoms with E-state index in [1.54, 1.807) is 0 Å². The van der Waals surface area contributed by atoms with E-state index >= 15 is 0 Å². The lowest BCUT2D eigenvalue weighted by molar-refractivity contribution is 0.0730. The van der Waals surface area contributed by atoms with Crippen molar-refractivity contribution in [3.63, 3.8) is 0 Å². The van der Waals surface area contributed by atoms with Crippen LogP contribution in [0, 0.1) is 0 Å². The lowest BCUT2D eigenvalue weighted by atomic mass is 10.1. The second kappa shape index (κ2) is 6.24. The largest absolute Gasteiger partial charge is 0.397 e. The fourth-order valence-electron chi connectivity index (χ4n) is 3.17. The first kappa shape index (κ1) is 15.1. The van der Waals surface area contributed by atoms with E-state index in [9.17, 15) is 4.79 Å². The molecule has 0 aliphatic carbocycles. The van der Waals surface area contributed by atoms with Gasteiger partial charge in [0.15, 0.2) is 0 Å². The van der Waals surface area contributed by atoms with Crippen LogP contribution in [0.5, 0.6) is 0 Å². The third-order valence-electron chi connectivity index (χ3n) is 4.50. The smallest absolute Gasteiger partial charge is 0.266 e. The molecule has 122 valence electrons. The summed E-state index contributed by atoms with van der Waals surface area (Å²) in [6.07, 6.45) is 3.35. The van der Waals surface area contributed by atoms with Gasteiger partial charge in [-0.25, -0.2) is 4.98 Å². The third kappa shape index (κ3) is 2.65. The predicted molar refractivity (Wildman–Crippen MR) is 99.2 cm³/mol. The van der Waals surface area contributed by atoms with E-state index < -0.39 is 0 Å². The molecule has 2 aromatic heterocycles. The number of likely N-dealkylation sites (tertiary alicyclic amines) is 1. The van der Waals surface area contributed by atoms with Gasteiger partial charge in [-0.15, -0.1) is 11.3 Å². The van der Waals surface area contributed by atoms with Crippen LogP contribution in [0.25, 0.3) is 21.5 Å². The molecule has 0 radical (unpaired) electrons. The van der Waals surface area contributed by atoms with Gasteiger partial charge in [0.2, 0.25) is 0 Å². The number of nitrogen functional groups attached to an aromatic ring is 1. The van der Waals surface area contributed by atoms with E-state index in [4.69, 9.17) is 10.7 Å². The van der Waals surface area contributed by atoms with Crippen LogP contribution in [-0.4, -0.2) is 28.9 Å². The number of anilines is 1. The average molecular weight is 337 g/mol. The Hall–Kier alpha value is -2.40. The molecule has 2 N–H and O–H groups in total. The molecule has 3 aromatic rings. The summed E-state index contributed by atoms with van der Waals surface area (Å²) >= 11 is 1.41. The summed E-state index contributed by atoms with van der Waals surface area (Å²) in [5.74, 6) is 0.0523. The Morgan fingerprint density at radius 1 is 1.04 bits per heavy atom. The van der Waals surface area contributed by atoms with Crippen molar-refractivity contribution in [1.29, 1.82) is 0 Å². The molecule has 1 aliphatic heterocycles. The first-order valence-electron chi connectivity index (χ1n) is 8.28. The van der Waals surface area contributed by atoms with Crippen molar-refractivity contribution in [2.45, 2.75) is 19.3 Å². The van der Waals surface area contributed by atoms with E-state index in [0.29, 0.717) is 10.6 Å². The van der Waals surface area contributed by atoms with Gasteiger partial charge in [-0.2, -0.15) is 0 Å². The molecule has 3 heterocycles. The van der Waals surface area contributed by atoms with E-state index in [1.165, 1.54) is 17.8 Å². The summed E-state index contributed by atoms with van der Waals surface area (Å²) in [5, 5.41) is 0.875. The maximum absolute atomic E-state index is 12.8. The number of hydrogen-bond acceptors (Lipinski definition) is 4. The molecule has 0 bridgehead atoms. The molecule has 0 unspecified atom stereocenters. The highest BCUT2D eigenvalue weighted by Gasteiger charge is 2.24. The highest BCUT2D eigenvalue weighted by molar-refractivity contribution is 7.21. The minimum absolute atomic E-state index is 0.0523. The lowest BCUT2D eigenvalue weighted by Crippen LogP contribution is -2.35. The molecule has 1 aromatic carbocycles. The topological polar surface area (TPSA) is 59.2 Å². The van der Waals surface area contributed by atoms with Gasteiger partial charge in [0.1, 0.15) is 9.71 Å². The maximum Gasteiger partial charge on any atom is 0.266 e. The van der Waals surface area contributed by atoms with Crippen molar-refractivity contribution >= 4 is 33.1 Å². The minimum atomic E-state index is 0.0523. The van der Waals surface area contributed by atoms with Crippen LogP contribution in [0.2, 0.25) is 0 Å². The molecule has 24 heavy (non-hydrogen) atoms. The van der Waals surface area contributed by atoms with E-state index in [-0.39, 0.29) is 5.91 Å². The quantitative estimate of drug-likeness (QED) is 0.763. The van der Waals surface area contributed by atoms with Gasteiger partial charge in [0.25, 0.3) is 5.91 Å². The Morgan fingerprint density at radius 2 is 1.79 bits per heavy atom. The molecule has 1 amide bonds. The Morgan fingerprint density at radius 3 is 2.54 bits per heavy atom. The number of pyridine rings is 1. The number of fused-ring (bicyclic) bond motifs is 1. The number of piperidine rings is 1. The van der Waals surface area contributed by atoms with Crippen LogP contribution < -0.4 is 5.73 Å². The number of nitrogens with zero attached hydrogens (tertiary/aromatic N) is 2. The number of hydrogen-bond donors (Lipinski definition) is 1. The molecule has 0 saturated carbocycles. The van der Waals surface area contributed by atoms with Crippen molar-refractivity contribution in [3.8, 4) is 11.3 Å². The van der Waals surface area contributed by atoms with Gasteiger partial charge in [0.05, 0.1) is 11.4 Å². The third-order valence-corrected chi connectivity index (χ3v) is 5.60. The second-order valence-electron chi connectivity index (χ2n) is 6.11. The molecule has 1 aliphatic rings. The highest BCUT2D eigenvalue weighted by Crippen LogP contribution is 2.35. The molecule has 0 atom stereocenters. The van der Waals surface area contributed by atoms with Crippen molar-refractivity contribution in [1.82, 2.24) is 9.88 Å². The second-order valence-corrected chi connectivity index (χ2v) is 7.11. The van der Waals surface area contributed by atoms with Crippen LogP contribution >= 0.6 is 11.3 Å². The zero-order chi connectivity index (χ0) is 16.5. The Bertz CT molecular complexity index is 882. The number of thiophene rings is 1. The average Bonchev–Trinajstić information content (AvgIpc) is 2.99. The first-order chi connectivity index (χ1) is 11.7. The molecule has 4 rings (SSSR count). The van der Waals surface area contributed by atoms with Crippen molar-refractivity contribution in [2.75, 3.05) is 18.8 Å². The van der Waals surface area contributed by atoms with Gasteiger partial charge in [-0.3, -0.25) is 4.79 Å². The first-order valence-corrected chi connectivity index (χ1v) is 9.09. The van der Waals surface area contributed by atoms with Crippen LogP contribution in [0.1, 0.15) is 28.9 Å². The number of carbonyl (C=O) groups excluding carboxylic acids is 1. The normalized spacial score (nSPS) is 14.9. The van der Waals surface area contributed by atoms with Crippen LogP contribution in [0.15, 0.2) is 42.5 Å². The molecule has 1 fully saturated rings. The number of aromatic nitrogens is 1. The van der Waals surface area contributed by atoms with E-state index in [2.05, 4.69) is 0 Å². The van der Waals surface area contributed by atoms with Gasteiger partial charge in [0, 0.05) is 24.0 Å². The summed E-state index contributed by atoms with van der Waals surface area (Å²) < 4.78 is 0. The minimum Gasteiger partial charge on any atom is -0.397 e. The summed E-state index contributed by atoms with van der Waals surface area (Å²) in [6, 6.07) is 14.0. The summed E-state index contributed by atoms with van der Waals surface area (Å²) in [5.41, 5.74) is 8.79. The van der Waals surface area contributed by atoms with Gasteiger partial charge in [-0.05, 0) is 31.4 Å². The standard InChI is InChI=1S/C19H19N3OS/c20-16-14-9-10-15(13-7-3-1-4-8-13)21-18(14)24-17(16)19(23)22-11-5-2-6-12-22/h1,3-4,7-10H,2,5-6,11-12,20H2. The lowest BCUT2D eigenvalue weighted by Gasteiger charge is -2.26. The fourth-order valence-corrected chi connectivity index (χ4v) is 4.23. The van der Waals surface area contributed by atoms with E-state index in [0.717, 1.165) is 47.4 Å². The Balaban J connectivity index is 1.73. The molecular formula is C19H19N3OS. The van der Waals surface area contributed by atoms with Crippen molar-refractivity contribution < 1.29 is 4.79 Å². The highest BCUT2D eigenvalue weighted by atomic mass is 32.1. The summed E-state index contributed by atoms with van der Waals surface area (Å²) in [6.45, 7) is 1.66. The van der Waals surface area contributed by atoms with Crippen LogP contribution in [-0.2, 0) is 0 Å². The van der Waals surface area contributed by atoms with E-state index in [1.807, 2.05) is 47.4 Å². The Kier molecular flexibility index (Phi) is 3.94.